The standard InChI is InChI=1S/C22H19NO6/c24-20(23-13-17-7-4-10-27-17)18-11-15-8-9-16(12-19(15)29-22(18)26)28-21(25)14-5-2-1-3-6-14/h1-3,5-6,8-9,11-12,17H,4,7,10,13H2,(H,23,24). The maximum absolute atomic E-state index is 12.3. The van der Waals surface area contributed by atoms with Gasteiger partial charge in [-0.05, 0) is 43.2 Å². The Bertz CT molecular complexity index is 1100. The molecule has 3 aromatic rings. The van der Waals surface area contributed by atoms with E-state index in [4.69, 9.17) is 13.9 Å². The van der Waals surface area contributed by atoms with Crippen LogP contribution in [0.5, 0.6) is 5.75 Å². The Morgan fingerprint density at radius 2 is 1.93 bits per heavy atom. The molecule has 1 aliphatic heterocycles. The van der Waals surface area contributed by atoms with E-state index in [0.29, 0.717) is 24.1 Å². The first-order valence-electron chi connectivity index (χ1n) is 9.35. The second-order valence-electron chi connectivity index (χ2n) is 6.75. The zero-order valence-corrected chi connectivity index (χ0v) is 15.6. The summed E-state index contributed by atoms with van der Waals surface area (Å²) in [5.41, 5.74) is -0.199. The summed E-state index contributed by atoms with van der Waals surface area (Å²) in [7, 11) is 0. The van der Waals surface area contributed by atoms with Gasteiger partial charge in [0, 0.05) is 24.6 Å². The van der Waals surface area contributed by atoms with Gasteiger partial charge in [0.1, 0.15) is 16.9 Å². The number of hydrogen-bond donors (Lipinski definition) is 1. The van der Waals surface area contributed by atoms with Crippen LogP contribution >= 0.6 is 0 Å². The van der Waals surface area contributed by atoms with Gasteiger partial charge in [0.15, 0.2) is 0 Å². The van der Waals surface area contributed by atoms with Gasteiger partial charge in [-0.3, -0.25) is 4.79 Å². The van der Waals surface area contributed by atoms with Crippen LogP contribution in [0.3, 0.4) is 0 Å². The first kappa shape index (κ1) is 18.9. The Morgan fingerprint density at radius 3 is 2.69 bits per heavy atom. The molecule has 7 heteroatoms. The van der Waals surface area contributed by atoms with E-state index in [1.165, 1.54) is 12.1 Å². The molecule has 1 fully saturated rings. The Morgan fingerprint density at radius 1 is 1.10 bits per heavy atom. The van der Waals surface area contributed by atoms with Crippen LogP contribution in [0.4, 0.5) is 0 Å². The van der Waals surface area contributed by atoms with Crippen molar-refractivity contribution in [2.75, 3.05) is 13.2 Å². The molecule has 1 unspecified atom stereocenters. The Kier molecular flexibility index (Phi) is 5.39. The van der Waals surface area contributed by atoms with Gasteiger partial charge in [0.2, 0.25) is 0 Å². The summed E-state index contributed by atoms with van der Waals surface area (Å²) in [5.74, 6) is -0.779. The first-order valence-corrected chi connectivity index (χ1v) is 9.35. The van der Waals surface area contributed by atoms with Gasteiger partial charge in [-0.25, -0.2) is 9.59 Å². The van der Waals surface area contributed by atoms with Crippen LogP contribution in [0, 0.1) is 0 Å². The highest BCUT2D eigenvalue weighted by Crippen LogP contribution is 2.21. The normalized spacial score (nSPS) is 15.9. The third-order valence-corrected chi connectivity index (χ3v) is 4.69. The lowest BCUT2D eigenvalue weighted by Gasteiger charge is -2.10. The van der Waals surface area contributed by atoms with Crippen LogP contribution in [0.1, 0.15) is 33.6 Å². The third kappa shape index (κ3) is 4.35. The predicted molar refractivity (Wildman–Crippen MR) is 105 cm³/mol. The maximum Gasteiger partial charge on any atom is 0.349 e. The van der Waals surface area contributed by atoms with Gasteiger partial charge < -0.3 is 19.2 Å². The van der Waals surface area contributed by atoms with Gasteiger partial charge in [-0.1, -0.05) is 18.2 Å². The lowest BCUT2D eigenvalue weighted by molar-refractivity contribution is 0.0734. The lowest BCUT2D eigenvalue weighted by atomic mass is 10.1. The molecule has 0 radical (unpaired) electrons. The molecular weight excluding hydrogens is 374 g/mol. The van der Waals surface area contributed by atoms with E-state index in [0.717, 1.165) is 12.8 Å². The van der Waals surface area contributed by atoms with E-state index in [9.17, 15) is 14.4 Å². The van der Waals surface area contributed by atoms with E-state index in [2.05, 4.69) is 5.32 Å². The average Bonchev–Trinajstić information content (AvgIpc) is 3.26. The van der Waals surface area contributed by atoms with Crippen molar-refractivity contribution in [3.8, 4) is 5.75 Å². The van der Waals surface area contributed by atoms with E-state index in [1.807, 2.05) is 0 Å². The molecule has 2 heterocycles. The lowest BCUT2D eigenvalue weighted by Crippen LogP contribution is -2.34. The van der Waals surface area contributed by atoms with Crippen molar-refractivity contribution in [3.05, 3.63) is 76.1 Å². The molecule has 1 N–H and O–H groups in total. The minimum atomic E-state index is -0.756. The highest BCUT2D eigenvalue weighted by Gasteiger charge is 2.19. The Hall–Kier alpha value is -3.45. The van der Waals surface area contributed by atoms with Crippen LogP contribution in [0.25, 0.3) is 11.0 Å². The average molecular weight is 393 g/mol. The summed E-state index contributed by atoms with van der Waals surface area (Å²) >= 11 is 0. The SMILES string of the molecule is O=C(Oc1ccc2cc(C(=O)NCC3CCCO3)c(=O)oc2c1)c1ccccc1. The number of hydrogen-bond acceptors (Lipinski definition) is 6. The predicted octanol–water partition coefficient (Wildman–Crippen LogP) is 2.92. The fourth-order valence-corrected chi connectivity index (χ4v) is 3.16. The Balaban J connectivity index is 1.51. The minimum Gasteiger partial charge on any atom is -0.423 e. The second kappa shape index (κ2) is 8.28. The summed E-state index contributed by atoms with van der Waals surface area (Å²) in [6.07, 6.45) is 1.83. The van der Waals surface area contributed by atoms with Crippen molar-refractivity contribution in [3.63, 3.8) is 0 Å². The molecule has 1 amide bonds. The zero-order valence-electron chi connectivity index (χ0n) is 15.6. The smallest absolute Gasteiger partial charge is 0.349 e. The topological polar surface area (TPSA) is 94.8 Å². The zero-order chi connectivity index (χ0) is 20.2. The molecule has 0 bridgehead atoms. The van der Waals surface area contributed by atoms with Crippen molar-refractivity contribution in [1.29, 1.82) is 0 Å². The van der Waals surface area contributed by atoms with E-state index >= 15 is 0 Å². The summed E-state index contributed by atoms with van der Waals surface area (Å²) in [4.78, 5) is 36.8. The molecule has 0 spiro atoms. The van der Waals surface area contributed by atoms with Gasteiger partial charge in [0.25, 0.3) is 5.91 Å². The summed E-state index contributed by atoms with van der Waals surface area (Å²) in [5, 5.41) is 3.26. The molecular formula is C22H19NO6. The number of carbonyl (C=O) groups excluding carboxylic acids is 2. The fourth-order valence-electron chi connectivity index (χ4n) is 3.16. The monoisotopic (exact) mass is 393 g/mol. The Labute approximate surface area is 166 Å². The molecule has 1 aromatic heterocycles. The van der Waals surface area contributed by atoms with Crippen molar-refractivity contribution in [2.24, 2.45) is 0 Å². The summed E-state index contributed by atoms with van der Waals surface area (Å²) < 4.78 is 16.1. The number of carbonyl (C=O) groups is 2. The number of amides is 1. The number of esters is 1. The molecule has 2 aromatic carbocycles. The van der Waals surface area contributed by atoms with Gasteiger partial charge in [0.05, 0.1) is 11.7 Å². The minimum absolute atomic E-state index is 0.0201. The molecule has 0 saturated carbocycles. The molecule has 1 aliphatic rings. The molecule has 7 nitrogen and oxygen atoms in total. The number of ether oxygens (including phenoxy) is 2. The van der Waals surface area contributed by atoms with Gasteiger partial charge >= 0.3 is 11.6 Å². The van der Waals surface area contributed by atoms with Crippen LogP contribution in [0.15, 0.2) is 63.8 Å². The fraction of sp³-hybridized carbons (Fsp3) is 0.227. The van der Waals surface area contributed by atoms with E-state index in [1.54, 1.807) is 42.5 Å². The first-order chi connectivity index (χ1) is 14.1. The van der Waals surface area contributed by atoms with Crippen LogP contribution in [-0.2, 0) is 4.74 Å². The van der Waals surface area contributed by atoms with Crippen LogP contribution in [-0.4, -0.2) is 31.1 Å². The quantitative estimate of drug-likeness (QED) is 0.407. The largest absolute Gasteiger partial charge is 0.423 e. The summed E-state index contributed by atoms with van der Waals surface area (Å²) in [6.45, 7) is 1.04. The van der Waals surface area contributed by atoms with Crippen molar-refractivity contribution < 1.29 is 23.5 Å². The molecule has 29 heavy (non-hydrogen) atoms. The molecule has 148 valence electrons. The summed E-state index contributed by atoms with van der Waals surface area (Å²) in [6, 6.07) is 14.7. The number of nitrogens with one attached hydrogen (secondary N) is 1. The molecule has 0 aliphatic carbocycles. The van der Waals surface area contributed by atoms with Crippen molar-refractivity contribution in [1.82, 2.24) is 5.32 Å². The van der Waals surface area contributed by atoms with Crippen LogP contribution in [0.2, 0.25) is 0 Å². The number of benzene rings is 2. The van der Waals surface area contributed by atoms with Crippen molar-refractivity contribution >= 4 is 22.8 Å². The molecule has 1 saturated heterocycles. The van der Waals surface area contributed by atoms with Crippen LogP contribution < -0.4 is 15.7 Å². The third-order valence-electron chi connectivity index (χ3n) is 4.69. The highest BCUT2D eigenvalue weighted by atomic mass is 16.5. The number of rotatable bonds is 5. The highest BCUT2D eigenvalue weighted by molar-refractivity contribution is 5.97. The molecule has 4 rings (SSSR count). The number of fused-ring (bicyclic) bond motifs is 1. The van der Waals surface area contributed by atoms with Crippen molar-refractivity contribution in [2.45, 2.75) is 18.9 Å². The van der Waals surface area contributed by atoms with E-state index in [-0.39, 0.29) is 23.0 Å². The van der Waals surface area contributed by atoms with Gasteiger partial charge in [-0.2, -0.15) is 0 Å². The van der Waals surface area contributed by atoms with E-state index < -0.39 is 17.5 Å². The molecule has 1 atom stereocenters. The maximum atomic E-state index is 12.3. The van der Waals surface area contributed by atoms with Gasteiger partial charge in [-0.15, -0.1) is 0 Å². The second-order valence-corrected chi connectivity index (χ2v) is 6.75.